The largest absolute Gasteiger partial charge is 0.496 e. The van der Waals surface area contributed by atoms with Crippen molar-refractivity contribution in [2.45, 2.75) is 37.4 Å². The highest BCUT2D eigenvalue weighted by atomic mass is 16.8. The van der Waals surface area contributed by atoms with Gasteiger partial charge in [0.2, 0.25) is 6.29 Å². The first-order valence-electron chi connectivity index (χ1n) is 7.88. The molecule has 2 aromatic rings. The van der Waals surface area contributed by atoms with Gasteiger partial charge in [0, 0.05) is 12.5 Å². The van der Waals surface area contributed by atoms with E-state index in [9.17, 15) is 9.59 Å². The fourth-order valence-corrected chi connectivity index (χ4v) is 4.25. The Bertz CT molecular complexity index is 1000. The third kappa shape index (κ3) is 1.36. The maximum atomic E-state index is 12.4. The van der Waals surface area contributed by atoms with Gasteiger partial charge in [-0.25, -0.2) is 4.79 Å². The molecule has 6 rings (SSSR count). The van der Waals surface area contributed by atoms with E-state index in [2.05, 4.69) is 0 Å². The van der Waals surface area contributed by atoms with Gasteiger partial charge in [0.05, 0.1) is 24.0 Å². The molecule has 0 bridgehead atoms. The topological polar surface area (TPSA) is 87.5 Å². The number of hydrogen-bond donors (Lipinski definition) is 0. The van der Waals surface area contributed by atoms with Crippen LogP contribution in [0.2, 0.25) is 0 Å². The lowest BCUT2D eigenvalue weighted by Crippen LogP contribution is -2.19. The first-order chi connectivity index (χ1) is 11.7. The smallest absolute Gasteiger partial charge is 0.347 e. The van der Waals surface area contributed by atoms with Crippen molar-refractivity contribution in [2.24, 2.45) is 0 Å². The number of rotatable bonds is 1. The van der Waals surface area contributed by atoms with Gasteiger partial charge in [-0.15, -0.1) is 0 Å². The van der Waals surface area contributed by atoms with Crippen molar-refractivity contribution in [2.75, 3.05) is 7.11 Å². The molecule has 2 saturated heterocycles. The second-order valence-corrected chi connectivity index (χ2v) is 6.48. The third-order valence-electron chi connectivity index (χ3n) is 5.32. The van der Waals surface area contributed by atoms with Crippen molar-refractivity contribution in [3.05, 3.63) is 33.2 Å². The van der Waals surface area contributed by atoms with Crippen LogP contribution in [0.5, 0.6) is 11.5 Å². The molecule has 24 heavy (non-hydrogen) atoms. The Balaban J connectivity index is 1.74. The summed E-state index contributed by atoms with van der Waals surface area (Å²) in [6, 6.07) is 1.78. The van der Waals surface area contributed by atoms with Crippen molar-refractivity contribution in [3.63, 3.8) is 0 Å². The second kappa shape index (κ2) is 3.99. The molecule has 1 aliphatic carbocycles. The van der Waals surface area contributed by atoms with Gasteiger partial charge in [-0.3, -0.25) is 4.79 Å². The Kier molecular flexibility index (Phi) is 2.15. The molecule has 0 amide bonds. The molecule has 1 aromatic heterocycles. The summed E-state index contributed by atoms with van der Waals surface area (Å²) in [5, 5.41) is 0.685. The molecule has 3 aliphatic heterocycles. The third-order valence-corrected chi connectivity index (χ3v) is 5.32. The lowest BCUT2D eigenvalue weighted by Gasteiger charge is -2.13. The number of carbonyl (C=O) groups excluding carboxylic acids is 1. The maximum absolute atomic E-state index is 12.4. The summed E-state index contributed by atoms with van der Waals surface area (Å²) < 4.78 is 28.0. The Labute approximate surface area is 135 Å². The van der Waals surface area contributed by atoms with E-state index in [1.54, 1.807) is 13.2 Å². The Hall–Kier alpha value is -2.38. The van der Waals surface area contributed by atoms with Gasteiger partial charge in [0.1, 0.15) is 28.7 Å². The van der Waals surface area contributed by atoms with E-state index in [4.69, 9.17) is 23.4 Å². The SMILES string of the molecule is COc1cc2c(c3oc(=O)c4c(c13)CCC4=O)[C@H]1[C@@H](O2)O[C@H]2O[C@H]21. The predicted molar refractivity (Wildman–Crippen MR) is 78.6 cm³/mol. The molecule has 0 spiro atoms. The van der Waals surface area contributed by atoms with Crippen molar-refractivity contribution < 1.29 is 28.2 Å². The first kappa shape index (κ1) is 13.0. The molecule has 122 valence electrons. The fourth-order valence-electron chi connectivity index (χ4n) is 4.25. The first-order valence-corrected chi connectivity index (χ1v) is 7.88. The predicted octanol–water partition coefficient (Wildman–Crippen LogP) is 1.49. The number of Topliss-reactive ketones (excluding diaryl/α,β-unsaturated/α-hetero) is 1. The lowest BCUT2D eigenvalue weighted by molar-refractivity contribution is -0.109. The Morgan fingerprint density at radius 1 is 1.17 bits per heavy atom. The monoisotopic (exact) mass is 328 g/mol. The van der Waals surface area contributed by atoms with Crippen LogP contribution in [-0.4, -0.2) is 31.6 Å². The Morgan fingerprint density at radius 3 is 2.88 bits per heavy atom. The fraction of sp³-hybridized carbons (Fsp3) is 0.412. The highest BCUT2D eigenvalue weighted by Crippen LogP contribution is 2.57. The summed E-state index contributed by atoms with van der Waals surface area (Å²) in [4.78, 5) is 24.4. The number of hydrogen-bond acceptors (Lipinski definition) is 7. The van der Waals surface area contributed by atoms with Gasteiger partial charge in [0.15, 0.2) is 12.1 Å². The van der Waals surface area contributed by atoms with Gasteiger partial charge in [-0.2, -0.15) is 0 Å². The van der Waals surface area contributed by atoms with Crippen LogP contribution < -0.4 is 15.1 Å². The number of ether oxygens (including phenoxy) is 4. The number of carbonyl (C=O) groups is 1. The average molecular weight is 328 g/mol. The molecule has 1 aromatic carbocycles. The van der Waals surface area contributed by atoms with Crippen LogP contribution in [0.25, 0.3) is 11.0 Å². The van der Waals surface area contributed by atoms with Crippen LogP contribution in [-0.2, 0) is 15.9 Å². The van der Waals surface area contributed by atoms with E-state index in [-0.39, 0.29) is 29.7 Å². The number of ketones is 1. The highest BCUT2D eigenvalue weighted by molar-refractivity contribution is 6.06. The van der Waals surface area contributed by atoms with E-state index in [1.807, 2.05) is 0 Å². The molecule has 7 heteroatoms. The maximum Gasteiger partial charge on any atom is 0.347 e. The minimum absolute atomic E-state index is 0.0759. The van der Waals surface area contributed by atoms with E-state index >= 15 is 0 Å². The van der Waals surface area contributed by atoms with Crippen LogP contribution >= 0.6 is 0 Å². The normalized spacial score (nSPS) is 31.5. The van der Waals surface area contributed by atoms with Crippen LogP contribution in [0.15, 0.2) is 15.3 Å². The van der Waals surface area contributed by atoms with Gasteiger partial charge >= 0.3 is 5.63 Å². The number of epoxide rings is 1. The quantitative estimate of drug-likeness (QED) is 0.579. The standard InChI is InChI=1S/C17H12O7/c1-20-7-4-8-11(12-14-17(23-14)24-16(12)21-8)13-10(7)5-2-3-6(18)9(5)15(19)22-13/h4,12,14,16-17H,2-3H2,1H3/t12-,14+,16+,17-/m1/s1. The molecule has 4 heterocycles. The zero-order valence-electron chi connectivity index (χ0n) is 12.7. The summed E-state index contributed by atoms with van der Waals surface area (Å²) in [5.74, 6) is 0.811. The zero-order chi connectivity index (χ0) is 16.2. The van der Waals surface area contributed by atoms with Crippen LogP contribution in [0.1, 0.15) is 33.8 Å². The van der Waals surface area contributed by atoms with E-state index in [0.29, 0.717) is 40.9 Å². The van der Waals surface area contributed by atoms with Gasteiger partial charge < -0.3 is 23.4 Å². The van der Waals surface area contributed by atoms with E-state index < -0.39 is 11.9 Å². The van der Waals surface area contributed by atoms with Crippen LogP contribution in [0.3, 0.4) is 0 Å². The van der Waals surface area contributed by atoms with Gasteiger partial charge in [-0.05, 0) is 12.0 Å². The molecule has 0 unspecified atom stereocenters. The van der Waals surface area contributed by atoms with Crippen molar-refractivity contribution in [1.29, 1.82) is 0 Å². The average Bonchev–Trinajstić information content (AvgIpc) is 2.91. The molecule has 0 radical (unpaired) electrons. The minimum atomic E-state index is -0.592. The van der Waals surface area contributed by atoms with Gasteiger partial charge in [-0.1, -0.05) is 0 Å². The van der Waals surface area contributed by atoms with Crippen molar-refractivity contribution in [3.8, 4) is 11.5 Å². The zero-order valence-corrected chi connectivity index (χ0v) is 12.7. The molecule has 4 aliphatic rings. The summed E-state index contributed by atoms with van der Waals surface area (Å²) in [5.41, 5.74) is 1.47. The van der Waals surface area contributed by atoms with Crippen LogP contribution in [0, 0.1) is 0 Å². The van der Waals surface area contributed by atoms with E-state index in [0.717, 1.165) is 5.56 Å². The molecule has 4 atom stereocenters. The second-order valence-electron chi connectivity index (χ2n) is 6.48. The molecule has 7 nitrogen and oxygen atoms in total. The number of aryl methyl sites for hydroxylation is 1. The van der Waals surface area contributed by atoms with Crippen molar-refractivity contribution in [1.82, 2.24) is 0 Å². The number of fused-ring (bicyclic) bond motifs is 9. The Morgan fingerprint density at radius 2 is 2.04 bits per heavy atom. The molecular weight excluding hydrogens is 316 g/mol. The van der Waals surface area contributed by atoms with Crippen LogP contribution in [0.4, 0.5) is 0 Å². The highest BCUT2D eigenvalue weighted by Gasteiger charge is 2.63. The van der Waals surface area contributed by atoms with Crippen molar-refractivity contribution >= 4 is 16.8 Å². The summed E-state index contributed by atoms with van der Waals surface area (Å²) in [6.45, 7) is 0. The number of methoxy groups -OCH3 is 1. The summed E-state index contributed by atoms with van der Waals surface area (Å²) in [7, 11) is 1.54. The lowest BCUT2D eigenvalue weighted by atomic mass is 9.93. The summed E-state index contributed by atoms with van der Waals surface area (Å²) in [6.07, 6.45) is 0.0820. The molecule has 2 fully saturated rings. The minimum Gasteiger partial charge on any atom is -0.496 e. The number of benzene rings is 1. The molecular formula is C17H12O7. The molecule has 0 N–H and O–H groups in total. The summed E-state index contributed by atoms with van der Waals surface area (Å²) >= 11 is 0. The van der Waals surface area contributed by atoms with E-state index in [1.165, 1.54) is 0 Å². The molecule has 0 saturated carbocycles. The van der Waals surface area contributed by atoms with Gasteiger partial charge in [0.25, 0.3) is 0 Å².